The molecule has 2 aromatic rings. The van der Waals surface area contributed by atoms with E-state index in [2.05, 4.69) is 10.1 Å². The number of esters is 1. The Morgan fingerprint density at radius 1 is 1.14 bits per heavy atom. The number of methoxy groups -OCH3 is 1. The lowest BCUT2D eigenvalue weighted by Gasteiger charge is -2.11. The molecule has 108 valence electrons. The summed E-state index contributed by atoms with van der Waals surface area (Å²) in [4.78, 5) is 23.7. The number of anilines is 1. The number of carbonyl (C=O) groups excluding carboxylic acids is 2. The second kappa shape index (κ2) is 6.17. The Labute approximate surface area is 121 Å². The van der Waals surface area contributed by atoms with Gasteiger partial charge in [-0.05, 0) is 42.8 Å². The summed E-state index contributed by atoms with van der Waals surface area (Å²) in [6, 6.07) is 10.3. The van der Waals surface area contributed by atoms with Crippen LogP contribution in [0.3, 0.4) is 0 Å². The van der Waals surface area contributed by atoms with Gasteiger partial charge in [-0.15, -0.1) is 0 Å². The Kier molecular flexibility index (Phi) is 4.33. The molecule has 2 rings (SSSR count). The minimum Gasteiger partial charge on any atom is -0.465 e. The van der Waals surface area contributed by atoms with E-state index in [9.17, 15) is 14.0 Å². The number of carbonyl (C=O) groups is 2. The quantitative estimate of drug-likeness (QED) is 0.882. The third kappa shape index (κ3) is 3.25. The van der Waals surface area contributed by atoms with Gasteiger partial charge in [0.05, 0.1) is 12.7 Å². The van der Waals surface area contributed by atoms with E-state index in [1.54, 1.807) is 25.1 Å². The maximum absolute atomic E-state index is 13.1. The smallest absolute Gasteiger partial charge is 0.338 e. The van der Waals surface area contributed by atoms with Crippen molar-refractivity contribution in [2.45, 2.75) is 6.92 Å². The minimum absolute atomic E-state index is 0.206. The summed E-state index contributed by atoms with van der Waals surface area (Å²) >= 11 is 0. The zero-order valence-electron chi connectivity index (χ0n) is 11.6. The van der Waals surface area contributed by atoms with Crippen molar-refractivity contribution in [1.82, 2.24) is 0 Å². The Balaban J connectivity index is 2.28. The third-order valence-electron chi connectivity index (χ3n) is 3.07. The van der Waals surface area contributed by atoms with E-state index >= 15 is 0 Å². The highest BCUT2D eigenvalue weighted by molar-refractivity contribution is 6.05. The molecule has 0 radical (unpaired) electrons. The Morgan fingerprint density at radius 3 is 2.52 bits per heavy atom. The van der Waals surface area contributed by atoms with Crippen LogP contribution in [0.2, 0.25) is 0 Å². The summed E-state index contributed by atoms with van der Waals surface area (Å²) < 4.78 is 17.8. The molecule has 2 aromatic carbocycles. The molecule has 0 heterocycles. The molecule has 1 amide bonds. The van der Waals surface area contributed by atoms with E-state index in [1.807, 2.05) is 0 Å². The number of hydrogen-bond donors (Lipinski definition) is 1. The lowest BCUT2D eigenvalue weighted by atomic mass is 10.1. The van der Waals surface area contributed by atoms with Crippen molar-refractivity contribution >= 4 is 17.6 Å². The predicted octanol–water partition coefficient (Wildman–Crippen LogP) is 3.17. The predicted molar refractivity (Wildman–Crippen MR) is 76.9 cm³/mol. The summed E-state index contributed by atoms with van der Waals surface area (Å²) in [7, 11) is 1.29. The molecule has 0 aromatic heterocycles. The number of nitrogens with one attached hydrogen (secondary N) is 1. The first-order valence-corrected chi connectivity index (χ1v) is 6.27. The Bertz CT molecular complexity index is 698. The molecular weight excluding hydrogens is 273 g/mol. The van der Waals surface area contributed by atoms with Crippen LogP contribution in [0.25, 0.3) is 0 Å². The third-order valence-corrected chi connectivity index (χ3v) is 3.07. The largest absolute Gasteiger partial charge is 0.465 e. The number of ether oxygens (including phenoxy) is 1. The van der Waals surface area contributed by atoms with Crippen LogP contribution in [0.1, 0.15) is 26.3 Å². The number of hydrogen-bond acceptors (Lipinski definition) is 3. The fraction of sp³-hybridized carbons (Fsp3) is 0.125. The first-order chi connectivity index (χ1) is 10.0. The van der Waals surface area contributed by atoms with Gasteiger partial charge in [-0.2, -0.15) is 0 Å². The van der Waals surface area contributed by atoms with Gasteiger partial charge in [0.25, 0.3) is 5.91 Å². The zero-order chi connectivity index (χ0) is 15.4. The van der Waals surface area contributed by atoms with Crippen LogP contribution in [-0.4, -0.2) is 19.0 Å². The molecule has 1 N–H and O–H groups in total. The van der Waals surface area contributed by atoms with Crippen molar-refractivity contribution < 1.29 is 18.7 Å². The second-order valence-electron chi connectivity index (χ2n) is 4.43. The molecule has 21 heavy (non-hydrogen) atoms. The molecule has 0 aliphatic carbocycles. The van der Waals surface area contributed by atoms with Crippen LogP contribution in [0.5, 0.6) is 0 Å². The van der Waals surface area contributed by atoms with Crippen LogP contribution < -0.4 is 5.32 Å². The van der Waals surface area contributed by atoms with Gasteiger partial charge in [0.1, 0.15) is 5.82 Å². The van der Waals surface area contributed by atoms with E-state index in [1.165, 1.54) is 25.3 Å². The Morgan fingerprint density at radius 2 is 1.86 bits per heavy atom. The summed E-state index contributed by atoms with van der Waals surface area (Å²) in [6.45, 7) is 1.70. The highest BCUT2D eigenvalue weighted by Crippen LogP contribution is 2.20. The fourth-order valence-electron chi connectivity index (χ4n) is 1.93. The van der Waals surface area contributed by atoms with Crippen LogP contribution in [0, 0.1) is 12.7 Å². The fourth-order valence-corrected chi connectivity index (χ4v) is 1.93. The first kappa shape index (κ1) is 14.7. The van der Waals surface area contributed by atoms with Gasteiger partial charge in [0.2, 0.25) is 0 Å². The monoisotopic (exact) mass is 287 g/mol. The minimum atomic E-state index is -0.484. The van der Waals surface area contributed by atoms with Crippen LogP contribution in [-0.2, 0) is 4.74 Å². The van der Waals surface area contributed by atoms with Crippen molar-refractivity contribution in [2.24, 2.45) is 0 Å². The maximum atomic E-state index is 13.1. The van der Waals surface area contributed by atoms with Gasteiger partial charge < -0.3 is 10.1 Å². The molecule has 5 heteroatoms. The summed E-state index contributed by atoms with van der Waals surface area (Å²) in [5.74, 6) is -1.41. The maximum Gasteiger partial charge on any atom is 0.338 e. The van der Waals surface area contributed by atoms with E-state index in [0.29, 0.717) is 16.8 Å². The second-order valence-corrected chi connectivity index (χ2v) is 4.43. The molecule has 0 atom stereocenters. The van der Waals surface area contributed by atoms with Crippen molar-refractivity contribution in [3.8, 4) is 0 Å². The molecular formula is C16H14FNO3. The van der Waals surface area contributed by atoms with E-state index in [0.717, 1.165) is 6.07 Å². The number of benzene rings is 2. The van der Waals surface area contributed by atoms with Crippen LogP contribution in [0.4, 0.5) is 10.1 Å². The van der Waals surface area contributed by atoms with Crippen molar-refractivity contribution in [3.05, 3.63) is 65.0 Å². The van der Waals surface area contributed by atoms with Gasteiger partial charge in [0.15, 0.2) is 0 Å². The van der Waals surface area contributed by atoms with Crippen LogP contribution >= 0.6 is 0 Å². The molecule has 0 saturated heterocycles. The molecule has 0 aliphatic rings. The standard InChI is InChI=1S/C16H14FNO3/c1-10-13(16(20)21-2)7-4-8-14(10)18-15(19)11-5-3-6-12(17)9-11/h3-9H,1-2H3,(H,18,19). The lowest BCUT2D eigenvalue weighted by Crippen LogP contribution is -2.14. The molecule has 0 unspecified atom stereocenters. The first-order valence-electron chi connectivity index (χ1n) is 6.27. The van der Waals surface area contributed by atoms with Gasteiger partial charge in [-0.25, -0.2) is 9.18 Å². The highest BCUT2D eigenvalue weighted by atomic mass is 19.1. The van der Waals surface area contributed by atoms with Crippen molar-refractivity contribution in [3.63, 3.8) is 0 Å². The van der Waals surface area contributed by atoms with Gasteiger partial charge in [-0.3, -0.25) is 4.79 Å². The van der Waals surface area contributed by atoms with Crippen LogP contribution in [0.15, 0.2) is 42.5 Å². The summed E-state index contributed by atoms with van der Waals surface area (Å²) in [5.41, 5.74) is 1.65. The summed E-state index contributed by atoms with van der Waals surface area (Å²) in [5, 5.41) is 2.66. The van der Waals surface area contributed by atoms with E-state index in [4.69, 9.17) is 0 Å². The van der Waals surface area contributed by atoms with Gasteiger partial charge in [0, 0.05) is 11.3 Å². The molecule has 0 aliphatic heterocycles. The normalized spacial score (nSPS) is 10.0. The zero-order valence-corrected chi connectivity index (χ0v) is 11.6. The number of amides is 1. The molecule has 4 nitrogen and oxygen atoms in total. The number of halogens is 1. The SMILES string of the molecule is COC(=O)c1cccc(NC(=O)c2cccc(F)c2)c1C. The molecule has 0 bridgehead atoms. The molecule has 0 fully saturated rings. The Hall–Kier alpha value is -2.69. The van der Waals surface area contributed by atoms with E-state index < -0.39 is 17.7 Å². The lowest BCUT2D eigenvalue weighted by molar-refractivity contribution is 0.0599. The average Bonchev–Trinajstić information content (AvgIpc) is 2.48. The van der Waals surface area contributed by atoms with Crippen molar-refractivity contribution in [1.29, 1.82) is 0 Å². The molecule has 0 saturated carbocycles. The summed E-state index contributed by atoms with van der Waals surface area (Å²) in [6.07, 6.45) is 0. The topological polar surface area (TPSA) is 55.4 Å². The average molecular weight is 287 g/mol. The van der Waals surface area contributed by atoms with E-state index in [-0.39, 0.29) is 5.56 Å². The van der Waals surface area contributed by atoms with Gasteiger partial charge >= 0.3 is 5.97 Å². The van der Waals surface area contributed by atoms with Crippen molar-refractivity contribution in [2.75, 3.05) is 12.4 Å². The number of rotatable bonds is 3. The molecule has 0 spiro atoms. The van der Waals surface area contributed by atoms with Gasteiger partial charge in [-0.1, -0.05) is 12.1 Å². The highest BCUT2D eigenvalue weighted by Gasteiger charge is 2.14.